The molecule has 16 nitrogen and oxygen atoms in total. The summed E-state index contributed by atoms with van der Waals surface area (Å²) >= 11 is 0. The van der Waals surface area contributed by atoms with Crippen molar-refractivity contribution in [2.75, 3.05) is 0 Å². The second kappa shape index (κ2) is 35.4. The van der Waals surface area contributed by atoms with Crippen LogP contribution in [0.3, 0.4) is 0 Å². The van der Waals surface area contributed by atoms with Crippen LogP contribution in [0, 0.1) is 0 Å². The number of phenolic OH excluding ortho intramolecular Hbond substituents is 16. The standard InChI is InChI=1S/8C14H10O2/c15-13-5-1-3-9-7-12-10(8-11(9)13)4-2-6-14(12)16;15-13-5-1-3-9-7-10-4-2-6-14(16)12(10)8-11(9)13;15-12-7-3-5-10-8-9-4-1-2-6-11(9)14(16)13(10)12;15-12-5-4-9-8-13-10(6-11(9)7-12)2-1-3-14(13)16;15-12-5-4-9-6-10-2-1-3-14(16)13(10)8-11(9)7-12;15-12-6-11-5-9-3-1-2-4-10(9)7-13(11)14(16)8-12;15-13-5-6-14(16)12-8-10-4-2-1-3-9(10)7-11(12)13;15-13-6-5-11-7-9-3-1-2-4-10(9)8-12(11)14(13)16/h8*1-8,15-16H. The van der Waals surface area contributed by atoms with Crippen molar-refractivity contribution in [2.45, 2.75) is 0 Å². The lowest BCUT2D eigenvalue weighted by molar-refractivity contribution is 0.408. The SMILES string of the molecule is Oc1cc(O)c2cc3ccccc3cc2c1.Oc1ccc(O)c2cc3ccccc3cc12.Oc1ccc2cc3c(O)cccc3cc2c1.Oc1ccc2cc3cccc(O)c3cc2c1.Oc1ccc2cc3ccccc3cc2c1O.Oc1cccc2cc3c(O)cccc3cc12.Oc1cccc2cc3cccc(O)c3cc12.Oc1cccc2cc3ccccc3c(O)c12. The molecule has 24 aromatic carbocycles. The summed E-state index contributed by atoms with van der Waals surface area (Å²) in [4.78, 5) is 0. The van der Waals surface area contributed by atoms with E-state index in [1.165, 1.54) is 24.3 Å². The lowest BCUT2D eigenvalue weighted by Gasteiger charge is -2.07. The van der Waals surface area contributed by atoms with Crippen molar-refractivity contribution in [3.63, 3.8) is 0 Å². The van der Waals surface area contributed by atoms with E-state index < -0.39 is 0 Å². The molecular weight excluding hydrogens is 1600 g/mol. The first kappa shape index (κ1) is 82.5. The number of aromatic hydroxyl groups is 16. The molecule has 0 aliphatic rings. The zero-order valence-electron chi connectivity index (χ0n) is 68.1. The first-order valence-electron chi connectivity index (χ1n) is 40.7. The Morgan fingerprint density at radius 1 is 0.102 bits per heavy atom. The molecule has 0 amide bonds. The molecule has 0 atom stereocenters. The predicted octanol–water partition coefficient (Wildman–Crippen LogP) is 27.2. The molecule has 0 fully saturated rings. The highest BCUT2D eigenvalue weighted by atomic mass is 16.3. The molecule has 128 heavy (non-hydrogen) atoms. The van der Waals surface area contributed by atoms with Gasteiger partial charge < -0.3 is 81.7 Å². The van der Waals surface area contributed by atoms with Crippen LogP contribution in [0.15, 0.2) is 388 Å². The quantitative estimate of drug-likeness (QED) is 0.0381. The van der Waals surface area contributed by atoms with Gasteiger partial charge in [0.25, 0.3) is 0 Å². The summed E-state index contributed by atoms with van der Waals surface area (Å²) in [7, 11) is 0. The van der Waals surface area contributed by atoms with E-state index in [0.717, 1.165) is 151 Å². The fourth-order valence-corrected chi connectivity index (χ4v) is 16.1. The van der Waals surface area contributed by atoms with Crippen LogP contribution in [0.4, 0.5) is 0 Å². The molecule has 0 spiro atoms. The first-order valence-corrected chi connectivity index (χ1v) is 40.7. The number of hydrogen-bond donors (Lipinski definition) is 16. The Balaban J connectivity index is 0.000000103. The number of phenols is 16. The Morgan fingerprint density at radius 2 is 0.344 bits per heavy atom. The maximum Gasteiger partial charge on any atom is 0.165 e. The Bertz CT molecular complexity index is 8170. The second-order valence-electron chi connectivity index (χ2n) is 30.9. The third-order valence-corrected chi connectivity index (χ3v) is 22.6. The van der Waals surface area contributed by atoms with Crippen molar-refractivity contribution >= 4 is 172 Å². The van der Waals surface area contributed by atoms with Gasteiger partial charge in [-0.1, -0.05) is 200 Å². The fraction of sp³-hybridized carbons (Fsp3) is 0. The van der Waals surface area contributed by atoms with Gasteiger partial charge in [-0.3, -0.25) is 0 Å². The lowest BCUT2D eigenvalue weighted by atomic mass is 10.0. The number of hydrogen-bond acceptors (Lipinski definition) is 16. The average Bonchev–Trinajstić information content (AvgIpc) is 0.808. The van der Waals surface area contributed by atoms with E-state index in [9.17, 15) is 81.7 Å². The summed E-state index contributed by atoms with van der Waals surface area (Å²) in [6.45, 7) is 0. The average molecular weight is 1680 g/mol. The van der Waals surface area contributed by atoms with Crippen LogP contribution in [0.1, 0.15) is 0 Å². The van der Waals surface area contributed by atoms with E-state index in [0.29, 0.717) is 21.5 Å². The highest BCUT2D eigenvalue weighted by Crippen LogP contribution is 2.43. The van der Waals surface area contributed by atoms with Crippen LogP contribution in [-0.4, -0.2) is 81.7 Å². The summed E-state index contributed by atoms with van der Waals surface area (Å²) in [5, 5.41) is 184. The molecule has 0 bridgehead atoms. The van der Waals surface area contributed by atoms with Gasteiger partial charge in [-0.05, 0) is 290 Å². The molecule has 0 aliphatic carbocycles. The summed E-state index contributed by atoms with van der Waals surface area (Å²) in [5.41, 5.74) is 0. The topological polar surface area (TPSA) is 324 Å². The maximum atomic E-state index is 10.1. The predicted molar refractivity (Wildman–Crippen MR) is 518 cm³/mol. The molecule has 0 heterocycles. The smallest absolute Gasteiger partial charge is 0.165 e. The Morgan fingerprint density at radius 3 is 0.789 bits per heavy atom. The van der Waals surface area contributed by atoms with Crippen molar-refractivity contribution in [3.8, 4) is 92.0 Å². The van der Waals surface area contributed by atoms with Crippen LogP contribution >= 0.6 is 0 Å². The molecule has 0 aliphatic heterocycles. The summed E-state index contributed by atoms with van der Waals surface area (Å²) < 4.78 is 0. The van der Waals surface area contributed by atoms with Crippen molar-refractivity contribution in [1.29, 1.82) is 0 Å². The minimum Gasteiger partial charge on any atom is -0.508 e. The van der Waals surface area contributed by atoms with Gasteiger partial charge in [0.15, 0.2) is 11.5 Å². The number of benzene rings is 24. The zero-order chi connectivity index (χ0) is 89.0. The highest BCUT2D eigenvalue weighted by Gasteiger charge is 2.14. The van der Waals surface area contributed by atoms with Crippen LogP contribution < -0.4 is 0 Å². The minimum atomic E-state index is -0.0808. The Labute approximate surface area is 729 Å². The van der Waals surface area contributed by atoms with E-state index in [1.54, 1.807) is 97.1 Å². The van der Waals surface area contributed by atoms with Crippen LogP contribution in [0.2, 0.25) is 0 Å². The minimum absolute atomic E-state index is 0.0525. The normalized spacial score (nSPS) is 11.0. The molecule has 16 N–H and O–H groups in total. The summed E-state index contributed by atoms with van der Waals surface area (Å²) in [5.74, 6) is 2.76. The molecular formula is C112H80O16. The number of fused-ring (bicyclic) bond motifs is 16. The molecule has 0 aromatic heterocycles. The van der Waals surface area contributed by atoms with Crippen LogP contribution in [-0.2, 0) is 0 Å². The van der Waals surface area contributed by atoms with Gasteiger partial charge in [0.2, 0.25) is 0 Å². The highest BCUT2D eigenvalue weighted by molar-refractivity contribution is 6.11. The van der Waals surface area contributed by atoms with Gasteiger partial charge in [0.05, 0.1) is 5.39 Å². The molecule has 24 aromatic rings. The Hall–Kier alpha value is -17.8. The molecule has 0 saturated heterocycles. The third-order valence-electron chi connectivity index (χ3n) is 22.6. The van der Waals surface area contributed by atoms with Gasteiger partial charge in [-0.25, -0.2) is 0 Å². The van der Waals surface area contributed by atoms with Gasteiger partial charge in [0.1, 0.15) is 80.5 Å². The van der Waals surface area contributed by atoms with Gasteiger partial charge in [0, 0.05) is 65.3 Å². The van der Waals surface area contributed by atoms with Gasteiger partial charge in [-0.2, -0.15) is 0 Å². The Kier molecular flexibility index (Phi) is 22.8. The fourth-order valence-electron chi connectivity index (χ4n) is 16.1. The van der Waals surface area contributed by atoms with Crippen molar-refractivity contribution < 1.29 is 81.7 Å². The van der Waals surface area contributed by atoms with Crippen LogP contribution in [0.5, 0.6) is 92.0 Å². The lowest BCUT2D eigenvalue weighted by Crippen LogP contribution is -1.79. The molecule has 16 heteroatoms. The van der Waals surface area contributed by atoms with E-state index in [2.05, 4.69) is 0 Å². The van der Waals surface area contributed by atoms with Gasteiger partial charge >= 0.3 is 0 Å². The molecule has 0 saturated carbocycles. The van der Waals surface area contributed by atoms with Crippen molar-refractivity contribution in [2.24, 2.45) is 0 Å². The molecule has 24 rings (SSSR count). The van der Waals surface area contributed by atoms with Crippen molar-refractivity contribution in [1.82, 2.24) is 0 Å². The van der Waals surface area contributed by atoms with Crippen LogP contribution in [0.25, 0.3) is 172 Å². The summed E-state index contributed by atoms with van der Waals surface area (Å²) in [6, 6.07) is 118. The van der Waals surface area contributed by atoms with Gasteiger partial charge in [-0.15, -0.1) is 0 Å². The third kappa shape index (κ3) is 17.3. The van der Waals surface area contributed by atoms with E-state index in [4.69, 9.17) is 0 Å². The monoisotopic (exact) mass is 1680 g/mol. The molecule has 0 unspecified atom stereocenters. The van der Waals surface area contributed by atoms with E-state index in [1.807, 2.05) is 267 Å². The number of rotatable bonds is 0. The molecule has 624 valence electrons. The molecule has 0 radical (unpaired) electrons. The van der Waals surface area contributed by atoms with E-state index >= 15 is 0 Å². The summed E-state index contributed by atoms with van der Waals surface area (Å²) in [6.07, 6.45) is 0. The second-order valence-corrected chi connectivity index (χ2v) is 30.9. The van der Waals surface area contributed by atoms with E-state index in [-0.39, 0.29) is 92.0 Å². The largest absolute Gasteiger partial charge is 0.508 e. The first-order chi connectivity index (χ1) is 62.0. The maximum absolute atomic E-state index is 10.1. The zero-order valence-corrected chi connectivity index (χ0v) is 68.1. The van der Waals surface area contributed by atoms with Crippen molar-refractivity contribution in [3.05, 3.63) is 388 Å².